The van der Waals surface area contributed by atoms with Crippen molar-refractivity contribution in [1.29, 1.82) is 0 Å². The molecule has 0 spiro atoms. The SMILES string of the molecule is CN1CCN(C2=CC(CNc3cc(-c4ccccc4F)nc4c(Br)cnn34)=CCC2)CC1. The summed E-state index contributed by atoms with van der Waals surface area (Å²) < 4.78 is 17.0. The van der Waals surface area contributed by atoms with E-state index in [2.05, 4.69) is 60.3 Å². The van der Waals surface area contributed by atoms with Crippen molar-refractivity contribution >= 4 is 27.4 Å². The Kier molecular flexibility index (Phi) is 5.97. The molecule has 2 aromatic heterocycles. The summed E-state index contributed by atoms with van der Waals surface area (Å²) in [5.41, 5.74) is 4.38. The minimum Gasteiger partial charge on any atom is -0.372 e. The molecule has 0 saturated carbocycles. The standard InChI is InChI=1S/C24H26BrFN6/c1-30-9-11-31(12-10-30)18-6-4-5-17(13-18)15-27-23-14-22(19-7-2-3-8-21(19)26)29-24-20(25)16-28-32(23)24/h2-3,5,7-8,13-14,16,27H,4,6,9-12,15H2,1H3. The number of piperazine rings is 1. The molecule has 1 aromatic carbocycles. The van der Waals surface area contributed by atoms with Crippen LogP contribution >= 0.6 is 15.9 Å². The summed E-state index contributed by atoms with van der Waals surface area (Å²) in [5.74, 6) is 0.487. The van der Waals surface area contributed by atoms with Gasteiger partial charge in [0.05, 0.1) is 16.4 Å². The number of fused-ring (bicyclic) bond motifs is 1. The van der Waals surface area contributed by atoms with Crippen LogP contribution in [0.4, 0.5) is 10.2 Å². The molecule has 1 N–H and O–H groups in total. The second-order valence-corrected chi connectivity index (χ2v) is 9.19. The van der Waals surface area contributed by atoms with E-state index in [1.807, 2.05) is 12.1 Å². The summed E-state index contributed by atoms with van der Waals surface area (Å²) in [5, 5.41) is 7.95. The van der Waals surface area contributed by atoms with Crippen LogP contribution in [0.1, 0.15) is 12.8 Å². The number of benzene rings is 1. The molecule has 0 unspecified atom stereocenters. The van der Waals surface area contributed by atoms with Gasteiger partial charge in [-0.05, 0) is 59.6 Å². The predicted molar refractivity (Wildman–Crippen MR) is 129 cm³/mol. The molecule has 1 fully saturated rings. The van der Waals surface area contributed by atoms with E-state index in [1.54, 1.807) is 22.8 Å². The fourth-order valence-electron chi connectivity index (χ4n) is 4.28. The molecule has 0 atom stereocenters. The van der Waals surface area contributed by atoms with Crippen LogP contribution in [0.2, 0.25) is 0 Å². The van der Waals surface area contributed by atoms with E-state index in [9.17, 15) is 4.39 Å². The fourth-order valence-corrected chi connectivity index (χ4v) is 4.63. The highest BCUT2D eigenvalue weighted by Crippen LogP contribution is 2.28. The Morgan fingerprint density at radius 3 is 2.78 bits per heavy atom. The van der Waals surface area contributed by atoms with Crippen molar-refractivity contribution in [3.8, 4) is 11.3 Å². The van der Waals surface area contributed by atoms with Crippen LogP contribution in [-0.4, -0.2) is 64.2 Å². The number of nitrogens with one attached hydrogen (secondary N) is 1. The lowest BCUT2D eigenvalue weighted by molar-refractivity contribution is 0.182. The summed E-state index contributed by atoms with van der Waals surface area (Å²) >= 11 is 3.51. The minimum absolute atomic E-state index is 0.291. The third-order valence-electron chi connectivity index (χ3n) is 6.12. The summed E-state index contributed by atoms with van der Waals surface area (Å²) in [7, 11) is 2.18. The van der Waals surface area contributed by atoms with Gasteiger partial charge in [-0.15, -0.1) is 0 Å². The van der Waals surface area contributed by atoms with Crippen molar-refractivity contribution in [1.82, 2.24) is 24.4 Å². The molecular weight excluding hydrogens is 471 g/mol. The minimum atomic E-state index is -0.291. The number of likely N-dealkylation sites (N-methyl/N-ethyl adjacent to an activating group) is 1. The second kappa shape index (κ2) is 9.03. The summed E-state index contributed by atoms with van der Waals surface area (Å²) in [6, 6.07) is 8.57. The maximum atomic E-state index is 14.4. The molecule has 0 radical (unpaired) electrons. The Hall–Kier alpha value is -2.71. The molecule has 3 aromatic rings. The molecule has 6 nitrogen and oxygen atoms in total. The number of anilines is 1. The van der Waals surface area contributed by atoms with Crippen molar-refractivity contribution in [2.45, 2.75) is 12.8 Å². The van der Waals surface area contributed by atoms with Crippen LogP contribution in [-0.2, 0) is 0 Å². The van der Waals surface area contributed by atoms with Crippen molar-refractivity contribution in [3.63, 3.8) is 0 Å². The van der Waals surface area contributed by atoms with Gasteiger partial charge in [-0.3, -0.25) is 0 Å². The van der Waals surface area contributed by atoms with Gasteiger partial charge >= 0.3 is 0 Å². The molecule has 2 aliphatic rings. The van der Waals surface area contributed by atoms with Crippen LogP contribution in [0.5, 0.6) is 0 Å². The summed E-state index contributed by atoms with van der Waals surface area (Å²) in [6.45, 7) is 5.06. The first-order valence-electron chi connectivity index (χ1n) is 10.9. The maximum absolute atomic E-state index is 14.4. The van der Waals surface area contributed by atoms with Gasteiger partial charge in [0.1, 0.15) is 11.6 Å². The zero-order valence-corrected chi connectivity index (χ0v) is 19.6. The van der Waals surface area contributed by atoms with Gasteiger partial charge in [-0.2, -0.15) is 9.61 Å². The van der Waals surface area contributed by atoms with Crippen molar-refractivity contribution in [2.24, 2.45) is 0 Å². The van der Waals surface area contributed by atoms with E-state index < -0.39 is 0 Å². The van der Waals surface area contributed by atoms with E-state index in [1.165, 1.54) is 17.3 Å². The van der Waals surface area contributed by atoms with Crippen LogP contribution < -0.4 is 5.32 Å². The average molecular weight is 497 g/mol. The number of allylic oxidation sites excluding steroid dienone is 2. The van der Waals surface area contributed by atoms with E-state index in [0.29, 0.717) is 23.4 Å². The molecule has 1 aliphatic carbocycles. The molecule has 0 bridgehead atoms. The number of halogens is 2. The normalized spacial score (nSPS) is 17.4. The van der Waals surface area contributed by atoms with Gasteiger partial charge in [-0.25, -0.2) is 9.37 Å². The van der Waals surface area contributed by atoms with Gasteiger partial charge in [-0.1, -0.05) is 18.2 Å². The van der Waals surface area contributed by atoms with Crippen LogP contribution in [0.25, 0.3) is 16.9 Å². The monoisotopic (exact) mass is 496 g/mol. The molecule has 32 heavy (non-hydrogen) atoms. The van der Waals surface area contributed by atoms with Crippen molar-refractivity contribution < 1.29 is 4.39 Å². The van der Waals surface area contributed by atoms with Gasteiger partial charge in [0.2, 0.25) is 0 Å². The summed E-state index contributed by atoms with van der Waals surface area (Å²) in [4.78, 5) is 9.53. The Balaban J connectivity index is 1.39. The van der Waals surface area contributed by atoms with E-state index in [4.69, 9.17) is 0 Å². The van der Waals surface area contributed by atoms with Gasteiger partial charge in [0.25, 0.3) is 0 Å². The van der Waals surface area contributed by atoms with Crippen LogP contribution in [0.3, 0.4) is 0 Å². The van der Waals surface area contributed by atoms with Gasteiger partial charge in [0.15, 0.2) is 5.65 Å². The Bertz CT molecular complexity index is 1190. The lowest BCUT2D eigenvalue weighted by Gasteiger charge is -2.36. The molecule has 166 valence electrons. The number of hydrogen-bond acceptors (Lipinski definition) is 5. The zero-order valence-electron chi connectivity index (χ0n) is 18.1. The van der Waals surface area contributed by atoms with Crippen molar-refractivity contribution in [3.05, 3.63) is 70.2 Å². The topological polar surface area (TPSA) is 48.7 Å². The highest BCUT2D eigenvalue weighted by atomic mass is 79.9. The largest absolute Gasteiger partial charge is 0.372 e. The molecule has 1 aliphatic heterocycles. The molecular formula is C24H26BrFN6. The van der Waals surface area contributed by atoms with Crippen LogP contribution in [0.15, 0.2) is 64.4 Å². The van der Waals surface area contributed by atoms with Gasteiger partial charge < -0.3 is 15.1 Å². The second-order valence-electron chi connectivity index (χ2n) is 8.33. The molecule has 5 rings (SSSR count). The van der Waals surface area contributed by atoms with Crippen molar-refractivity contribution in [2.75, 3.05) is 45.1 Å². The van der Waals surface area contributed by atoms with Gasteiger partial charge in [0, 0.05) is 50.1 Å². The quantitative estimate of drug-likeness (QED) is 0.560. The highest BCUT2D eigenvalue weighted by molar-refractivity contribution is 9.10. The lowest BCUT2D eigenvalue weighted by Crippen LogP contribution is -2.44. The number of nitrogens with zero attached hydrogens (tertiary/aromatic N) is 5. The molecule has 0 amide bonds. The third kappa shape index (κ3) is 4.29. The molecule has 3 heterocycles. The first-order chi connectivity index (χ1) is 15.6. The highest BCUT2D eigenvalue weighted by Gasteiger charge is 2.18. The summed E-state index contributed by atoms with van der Waals surface area (Å²) in [6.07, 6.45) is 8.47. The van der Waals surface area contributed by atoms with E-state index in [0.717, 1.165) is 49.3 Å². The predicted octanol–water partition coefficient (Wildman–Crippen LogP) is 4.56. The van der Waals surface area contributed by atoms with E-state index in [-0.39, 0.29) is 5.82 Å². The maximum Gasteiger partial charge on any atom is 0.172 e. The Morgan fingerprint density at radius 1 is 1.16 bits per heavy atom. The Labute approximate surface area is 195 Å². The molecule has 1 saturated heterocycles. The first kappa shape index (κ1) is 21.2. The van der Waals surface area contributed by atoms with Crippen LogP contribution in [0, 0.1) is 5.82 Å². The molecule has 8 heteroatoms. The Morgan fingerprint density at radius 2 is 1.97 bits per heavy atom. The third-order valence-corrected chi connectivity index (χ3v) is 6.68. The number of aromatic nitrogens is 3. The smallest absolute Gasteiger partial charge is 0.172 e. The average Bonchev–Trinajstić information content (AvgIpc) is 3.19. The number of rotatable bonds is 5. The zero-order chi connectivity index (χ0) is 22.1. The lowest BCUT2D eigenvalue weighted by atomic mass is 10.0. The van der Waals surface area contributed by atoms with E-state index >= 15 is 0 Å². The fraction of sp³-hybridized carbons (Fsp3) is 0.333. The number of hydrogen-bond donors (Lipinski definition) is 1. The first-order valence-corrected chi connectivity index (χ1v) is 11.7.